The molecule has 2 rings (SSSR count). The van der Waals surface area contributed by atoms with Gasteiger partial charge in [0, 0.05) is 25.5 Å². The lowest BCUT2D eigenvalue weighted by atomic mass is 10.3. The van der Waals surface area contributed by atoms with Crippen molar-refractivity contribution in [2.45, 2.75) is 6.54 Å². The van der Waals surface area contributed by atoms with E-state index in [4.69, 9.17) is 4.74 Å². The smallest absolute Gasteiger partial charge is 0.133 e. The average Bonchev–Trinajstić information content (AvgIpc) is 2.42. The van der Waals surface area contributed by atoms with Gasteiger partial charge >= 0.3 is 0 Å². The minimum atomic E-state index is -0.283. The van der Waals surface area contributed by atoms with Crippen LogP contribution in [0.1, 0.15) is 5.56 Å². The second kappa shape index (κ2) is 7.21. The van der Waals surface area contributed by atoms with Crippen LogP contribution >= 0.6 is 15.9 Å². The molecular weight excluding hydrogens is 311 g/mol. The van der Waals surface area contributed by atoms with Crippen LogP contribution < -0.4 is 10.1 Å². The first-order valence-electron chi connectivity index (χ1n) is 5.93. The highest BCUT2D eigenvalue weighted by atomic mass is 79.9. The summed E-state index contributed by atoms with van der Waals surface area (Å²) in [6.45, 7) is 1.98. The Labute approximate surface area is 119 Å². The average molecular weight is 325 g/mol. The molecule has 5 heteroatoms. The molecule has 1 N–H and O–H groups in total. The van der Waals surface area contributed by atoms with Crippen molar-refractivity contribution >= 4 is 15.9 Å². The molecule has 1 heterocycles. The van der Waals surface area contributed by atoms with Gasteiger partial charge in [0.2, 0.25) is 0 Å². The van der Waals surface area contributed by atoms with Crippen molar-refractivity contribution in [3.8, 4) is 5.75 Å². The first-order chi connectivity index (χ1) is 9.25. The van der Waals surface area contributed by atoms with E-state index in [9.17, 15) is 4.39 Å². The number of pyridine rings is 1. The molecule has 0 bridgehead atoms. The molecular formula is C14H14BrFN2O. The van der Waals surface area contributed by atoms with Crippen LogP contribution in [0.15, 0.2) is 47.2 Å². The van der Waals surface area contributed by atoms with Crippen molar-refractivity contribution in [3.63, 3.8) is 0 Å². The van der Waals surface area contributed by atoms with Crippen molar-refractivity contribution in [2.75, 3.05) is 13.2 Å². The molecule has 0 fully saturated rings. The lowest BCUT2D eigenvalue weighted by Crippen LogP contribution is -2.20. The topological polar surface area (TPSA) is 34.1 Å². The third-order valence-electron chi connectivity index (χ3n) is 2.48. The minimum Gasteiger partial charge on any atom is -0.491 e. The highest BCUT2D eigenvalue weighted by molar-refractivity contribution is 9.10. The Morgan fingerprint density at radius 1 is 1.32 bits per heavy atom. The van der Waals surface area contributed by atoms with Crippen molar-refractivity contribution in [2.24, 2.45) is 0 Å². The number of halogens is 2. The zero-order valence-electron chi connectivity index (χ0n) is 10.3. The van der Waals surface area contributed by atoms with Gasteiger partial charge in [0.15, 0.2) is 0 Å². The zero-order valence-corrected chi connectivity index (χ0v) is 11.9. The summed E-state index contributed by atoms with van der Waals surface area (Å²) >= 11 is 3.26. The highest BCUT2D eigenvalue weighted by Crippen LogP contribution is 2.25. The summed E-state index contributed by atoms with van der Waals surface area (Å²) in [5.41, 5.74) is 1.13. The van der Waals surface area contributed by atoms with Gasteiger partial charge in [-0.05, 0) is 45.8 Å². The SMILES string of the molecule is Fc1ccc(OCCNCc2cccnc2)c(Br)c1. The molecule has 0 saturated heterocycles. The van der Waals surface area contributed by atoms with Crippen LogP contribution in [0, 0.1) is 5.82 Å². The summed E-state index contributed by atoms with van der Waals surface area (Å²) in [5.74, 6) is 0.360. The van der Waals surface area contributed by atoms with Gasteiger partial charge in [-0.1, -0.05) is 6.07 Å². The summed E-state index contributed by atoms with van der Waals surface area (Å²) in [7, 11) is 0. The quantitative estimate of drug-likeness (QED) is 0.829. The van der Waals surface area contributed by atoms with E-state index in [-0.39, 0.29) is 5.82 Å². The fourth-order valence-corrected chi connectivity index (χ4v) is 2.03. The number of benzene rings is 1. The fourth-order valence-electron chi connectivity index (χ4n) is 1.56. The van der Waals surface area contributed by atoms with Crippen LogP contribution in [0.3, 0.4) is 0 Å². The normalized spacial score (nSPS) is 10.4. The van der Waals surface area contributed by atoms with Crippen LogP contribution in [0.25, 0.3) is 0 Å². The number of nitrogens with one attached hydrogen (secondary N) is 1. The molecule has 1 aromatic carbocycles. The number of rotatable bonds is 6. The predicted molar refractivity (Wildman–Crippen MR) is 75.5 cm³/mol. The molecule has 1 aromatic heterocycles. The number of aromatic nitrogens is 1. The number of ether oxygens (including phenoxy) is 1. The van der Waals surface area contributed by atoms with Crippen LogP contribution in [0.2, 0.25) is 0 Å². The summed E-state index contributed by atoms with van der Waals surface area (Å²) in [6.07, 6.45) is 3.57. The lowest BCUT2D eigenvalue weighted by molar-refractivity contribution is 0.311. The van der Waals surface area contributed by atoms with Crippen molar-refractivity contribution in [3.05, 3.63) is 58.6 Å². The van der Waals surface area contributed by atoms with Crippen LogP contribution in [0.4, 0.5) is 4.39 Å². The van der Waals surface area contributed by atoms with Crippen LogP contribution in [-0.2, 0) is 6.54 Å². The Hall–Kier alpha value is -1.46. The Morgan fingerprint density at radius 2 is 2.21 bits per heavy atom. The molecule has 0 saturated carbocycles. The highest BCUT2D eigenvalue weighted by Gasteiger charge is 2.02. The van der Waals surface area contributed by atoms with Gasteiger partial charge in [-0.3, -0.25) is 4.98 Å². The maximum absolute atomic E-state index is 12.9. The van der Waals surface area contributed by atoms with Gasteiger partial charge in [0.05, 0.1) is 4.47 Å². The molecule has 3 nitrogen and oxygen atoms in total. The zero-order chi connectivity index (χ0) is 13.5. The number of hydrogen-bond donors (Lipinski definition) is 1. The molecule has 2 aromatic rings. The van der Waals surface area contributed by atoms with Gasteiger partial charge in [0.1, 0.15) is 18.2 Å². The molecule has 0 spiro atoms. The van der Waals surface area contributed by atoms with Gasteiger partial charge in [-0.2, -0.15) is 0 Å². The summed E-state index contributed by atoms with van der Waals surface area (Å²) in [5, 5.41) is 3.25. The third kappa shape index (κ3) is 4.61. The van der Waals surface area contributed by atoms with Gasteiger partial charge in [-0.15, -0.1) is 0 Å². The molecule has 19 heavy (non-hydrogen) atoms. The maximum atomic E-state index is 12.9. The molecule has 0 unspecified atom stereocenters. The van der Waals surface area contributed by atoms with Gasteiger partial charge < -0.3 is 10.1 Å². The molecule has 0 radical (unpaired) electrons. The van der Waals surface area contributed by atoms with Crippen molar-refractivity contribution < 1.29 is 9.13 Å². The minimum absolute atomic E-state index is 0.283. The second-order valence-electron chi connectivity index (χ2n) is 3.96. The van der Waals surface area contributed by atoms with E-state index in [0.29, 0.717) is 23.4 Å². The summed E-state index contributed by atoms with van der Waals surface area (Å²) < 4.78 is 19.0. The Kier molecular flexibility index (Phi) is 5.30. The van der Waals surface area contributed by atoms with Crippen LogP contribution in [0.5, 0.6) is 5.75 Å². The van der Waals surface area contributed by atoms with Gasteiger partial charge in [0.25, 0.3) is 0 Å². The Bertz CT molecular complexity index is 522. The lowest BCUT2D eigenvalue weighted by Gasteiger charge is -2.09. The predicted octanol–water partition coefficient (Wildman–Crippen LogP) is 3.15. The van der Waals surface area contributed by atoms with E-state index >= 15 is 0 Å². The van der Waals surface area contributed by atoms with E-state index in [1.54, 1.807) is 12.3 Å². The molecule has 0 atom stereocenters. The van der Waals surface area contributed by atoms with E-state index < -0.39 is 0 Å². The van der Waals surface area contributed by atoms with Crippen molar-refractivity contribution in [1.82, 2.24) is 10.3 Å². The van der Waals surface area contributed by atoms with Crippen molar-refractivity contribution in [1.29, 1.82) is 0 Å². The third-order valence-corrected chi connectivity index (χ3v) is 3.10. The molecule has 100 valence electrons. The van der Waals surface area contributed by atoms with Gasteiger partial charge in [-0.25, -0.2) is 4.39 Å². The molecule has 0 aliphatic carbocycles. The second-order valence-corrected chi connectivity index (χ2v) is 4.82. The van der Waals surface area contributed by atoms with E-state index in [0.717, 1.165) is 12.1 Å². The van der Waals surface area contributed by atoms with E-state index in [2.05, 4.69) is 26.2 Å². The maximum Gasteiger partial charge on any atom is 0.133 e. The Morgan fingerprint density at radius 3 is 2.95 bits per heavy atom. The molecule has 0 amide bonds. The summed E-state index contributed by atoms with van der Waals surface area (Å²) in [6, 6.07) is 8.29. The first-order valence-corrected chi connectivity index (χ1v) is 6.72. The van der Waals surface area contributed by atoms with E-state index in [1.807, 2.05) is 18.3 Å². The largest absolute Gasteiger partial charge is 0.491 e. The number of nitrogens with zero attached hydrogens (tertiary/aromatic N) is 1. The summed E-state index contributed by atoms with van der Waals surface area (Å²) in [4.78, 5) is 4.04. The van der Waals surface area contributed by atoms with E-state index in [1.165, 1.54) is 12.1 Å². The molecule has 0 aliphatic rings. The monoisotopic (exact) mass is 324 g/mol. The molecule has 0 aliphatic heterocycles. The van der Waals surface area contributed by atoms with Crippen LogP contribution in [-0.4, -0.2) is 18.1 Å². The Balaban J connectivity index is 1.69. The fraction of sp³-hybridized carbons (Fsp3) is 0.214. The first kappa shape index (κ1) is 14.0. The number of hydrogen-bond acceptors (Lipinski definition) is 3. The standard InChI is InChI=1S/C14H14BrFN2O/c15-13-8-12(16)3-4-14(13)19-7-6-18-10-11-2-1-5-17-9-11/h1-5,8-9,18H,6-7,10H2.